The van der Waals surface area contributed by atoms with Crippen molar-refractivity contribution in [2.75, 3.05) is 11.6 Å². The van der Waals surface area contributed by atoms with E-state index in [1.807, 2.05) is 6.07 Å². The molecule has 0 amide bonds. The zero-order valence-corrected chi connectivity index (χ0v) is 10.7. The molecule has 0 bridgehead atoms. The minimum Gasteiger partial charge on any atom is -0.365 e. The average Bonchev–Trinajstić information content (AvgIpc) is 2.37. The van der Waals surface area contributed by atoms with Gasteiger partial charge in [-0.15, -0.1) is 5.10 Å². The number of rotatable bonds is 4. The van der Waals surface area contributed by atoms with Crippen LogP contribution < -0.4 is 5.32 Å². The minimum atomic E-state index is -3.13. The van der Waals surface area contributed by atoms with E-state index in [2.05, 4.69) is 15.5 Å². The van der Waals surface area contributed by atoms with Crippen LogP contribution in [0.3, 0.4) is 0 Å². The van der Waals surface area contributed by atoms with Crippen molar-refractivity contribution in [3.8, 4) is 0 Å². The fourth-order valence-corrected chi connectivity index (χ4v) is 2.07. The maximum Gasteiger partial charge on any atom is 0.175 e. The molecule has 2 rings (SSSR count). The minimum absolute atomic E-state index is 0.325. The van der Waals surface area contributed by atoms with Crippen LogP contribution in [0.2, 0.25) is 0 Å². The molecule has 1 N–H and O–H groups in total. The number of aromatic nitrogens is 2. The Morgan fingerprint density at radius 3 is 2.44 bits per heavy atom. The van der Waals surface area contributed by atoms with Crippen molar-refractivity contribution in [3.63, 3.8) is 0 Å². The summed E-state index contributed by atoms with van der Waals surface area (Å²) in [7, 11) is -3.13. The topological polar surface area (TPSA) is 72.0 Å². The van der Waals surface area contributed by atoms with Crippen molar-refractivity contribution in [2.45, 2.75) is 11.4 Å². The Labute approximate surface area is 106 Å². The van der Waals surface area contributed by atoms with Crippen molar-refractivity contribution in [1.29, 1.82) is 0 Å². The van der Waals surface area contributed by atoms with Gasteiger partial charge in [-0.2, -0.15) is 5.10 Å². The summed E-state index contributed by atoms with van der Waals surface area (Å²) >= 11 is 0. The third kappa shape index (κ3) is 3.27. The van der Waals surface area contributed by atoms with Gasteiger partial charge in [0.1, 0.15) is 5.82 Å². The molecule has 0 radical (unpaired) electrons. The molecule has 1 aromatic carbocycles. The molecule has 0 aliphatic carbocycles. The molecule has 0 spiro atoms. The van der Waals surface area contributed by atoms with E-state index in [1.165, 1.54) is 6.26 Å². The zero-order chi connectivity index (χ0) is 13.0. The Hall–Kier alpha value is -1.95. The first kappa shape index (κ1) is 12.5. The molecule has 0 saturated carbocycles. The summed E-state index contributed by atoms with van der Waals surface area (Å²) < 4.78 is 22.6. The first-order valence-corrected chi connectivity index (χ1v) is 7.25. The van der Waals surface area contributed by atoms with Crippen molar-refractivity contribution in [2.24, 2.45) is 0 Å². The van der Waals surface area contributed by atoms with Crippen LogP contribution in [-0.4, -0.2) is 24.9 Å². The summed E-state index contributed by atoms with van der Waals surface area (Å²) in [6.45, 7) is 0.572. The highest BCUT2D eigenvalue weighted by Gasteiger charge is 2.05. The molecule has 1 aromatic heterocycles. The van der Waals surface area contributed by atoms with Crippen LogP contribution in [-0.2, 0) is 16.4 Å². The van der Waals surface area contributed by atoms with E-state index in [9.17, 15) is 8.42 Å². The number of sulfone groups is 1. The summed E-state index contributed by atoms with van der Waals surface area (Å²) in [5.41, 5.74) is 0.980. The highest BCUT2D eigenvalue weighted by Crippen LogP contribution is 2.11. The SMILES string of the molecule is CS(=O)(=O)c1ccc(CNc2cccnn2)cc1. The summed E-state index contributed by atoms with van der Waals surface area (Å²) in [5.74, 6) is 0.685. The smallest absolute Gasteiger partial charge is 0.175 e. The molecule has 0 aliphatic rings. The number of anilines is 1. The zero-order valence-electron chi connectivity index (χ0n) is 9.87. The predicted molar refractivity (Wildman–Crippen MR) is 68.9 cm³/mol. The molecule has 6 heteroatoms. The second-order valence-electron chi connectivity index (χ2n) is 3.88. The molecule has 1 heterocycles. The lowest BCUT2D eigenvalue weighted by Gasteiger charge is -2.05. The van der Waals surface area contributed by atoms with Crippen LogP contribution in [0.4, 0.5) is 5.82 Å². The molecule has 0 aliphatic heterocycles. The van der Waals surface area contributed by atoms with E-state index in [0.29, 0.717) is 17.3 Å². The Morgan fingerprint density at radius 1 is 1.17 bits per heavy atom. The fourth-order valence-electron chi connectivity index (χ4n) is 1.44. The van der Waals surface area contributed by atoms with Gasteiger partial charge >= 0.3 is 0 Å². The maximum atomic E-state index is 11.3. The molecule has 5 nitrogen and oxygen atoms in total. The molecule has 2 aromatic rings. The van der Waals surface area contributed by atoms with Crippen molar-refractivity contribution < 1.29 is 8.42 Å². The molecule has 0 atom stereocenters. The van der Waals surface area contributed by atoms with Crippen molar-refractivity contribution in [1.82, 2.24) is 10.2 Å². The number of hydrogen-bond donors (Lipinski definition) is 1. The number of nitrogens with zero attached hydrogens (tertiary/aromatic N) is 2. The van der Waals surface area contributed by atoms with Gasteiger partial charge in [-0.1, -0.05) is 12.1 Å². The van der Waals surface area contributed by atoms with E-state index in [-0.39, 0.29) is 0 Å². The van der Waals surface area contributed by atoms with Crippen LogP contribution in [0.15, 0.2) is 47.5 Å². The second-order valence-corrected chi connectivity index (χ2v) is 5.89. The van der Waals surface area contributed by atoms with Gasteiger partial charge in [0.05, 0.1) is 4.90 Å². The Morgan fingerprint density at radius 2 is 1.89 bits per heavy atom. The molecule has 0 unspecified atom stereocenters. The van der Waals surface area contributed by atoms with Crippen LogP contribution in [0.5, 0.6) is 0 Å². The third-order valence-electron chi connectivity index (χ3n) is 2.40. The predicted octanol–water partition coefficient (Wildman–Crippen LogP) is 1.49. The van der Waals surface area contributed by atoms with Gasteiger partial charge in [0, 0.05) is 19.0 Å². The van der Waals surface area contributed by atoms with Crippen LogP contribution in [0, 0.1) is 0 Å². The molecule has 94 valence electrons. The first-order chi connectivity index (χ1) is 8.55. The van der Waals surface area contributed by atoms with Crippen LogP contribution in [0.1, 0.15) is 5.56 Å². The van der Waals surface area contributed by atoms with Gasteiger partial charge in [-0.25, -0.2) is 8.42 Å². The lowest BCUT2D eigenvalue weighted by Crippen LogP contribution is -2.02. The Bertz CT molecular complexity index is 610. The largest absolute Gasteiger partial charge is 0.365 e. The highest BCUT2D eigenvalue weighted by molar-refractivity contribution is 7.90. The maximum absolute atomic E-state index is 11.3. The van der Waals surface area contributed by atoms with Gasteiger partial charge in [-0.05, 0) is 29.8 Å². The van der Waals surface area contributed by atoms with Gasteiger partial charge in [0.25, 0.3) is 0 Å². The van der Waals surface area contributed by atoms with Gasteiger partial charge in [-0.3, -0.25) is 0 Å². The second kappa shape index (κ2) is 5.14. The molecule has 0 saturated heterocycles. The summed E-state index contributed by atoms with van der Waals surface area (Å²) in [4.78, 5) is 0.325. The summed E-state index contributed by atoms with van der Waals surface area (Å²) in [6.07, 6.45) is 2.80. The average molecular weight is 263 g/mol. The van der Waals surface area contributed by atoms with Gasteiger partial charge < -0.3 is 5.32 Å². The Balaban J connectivity index is 2.03. The Kier molecular flexibility index (Phi) is 3.57. The van der Waals surface area contributed by atoms with Crippen LogP contribution >= 0.6 is 0 Å². The highest BCUT2D eigenvalue weighted by atomic mass is 32.2. The monoisotopic (exact) mass is 263 g/mol. The van der Waals surface area contributed by atoms with E-state index < -0.39 is 9.84 Å². The van der Waals surface area contributed by atoms with E-state index in [0.717, 1.165) is 5.56 Å². The number of hydrogen-bond acceptors (Lipinski definition) is 5. The standard InChI is InChI=1S/C12H13N3O2S/c1-18(16,17)11-6-4-10(5-7-11)9-13-12-3-2-8-14-15-12/h2-8H,9H2,1H3,(H,13,15). The van der Waals surface area contributed by atoms with Gasteiger partial charge in [0.2, 0.25) is 0 Å². The van der Waals surface area contributed by atoms with Crippen molar-refractivity contribution >= 4 is 15.7 Å². The van der Waals surface area contributed by atoms with E-state index in [4.69, 9.17) is 0 Å². The molecular weight excluding hydrogens is 250 g/mol. The number of nitrogens with one attached hydrogen (secondary N) is 1. The normalized spacial score (nSPS) is 11.2. The molecule has 18 heavy (non-hydrogen) atoms. The summed E-state index contributed by atoms with van der Waals surface area (Å²) in [6, 6.07) is 10.4. The number of benzene rings is 1. The first-order valence-electron chi connectivity index (χ1n) is 5.36. The van der Waals surface area contributed by atoms with E-state index >= 15 is 0 Å². The lowest BCUT2D eigenvalue weighted by molar-refractivity contribution is 0.602. The fraction of sp³-hybridized carbons (Fsp3) is 0.167. The molecule has 0 fully saturated rings. The van der Waals surface area contributed by atoms with E-state index in [1.54, 1.807) is 36.5 Å². The third-order valence-corrected chi connectivity index (χ3v) is 3.53. The van der Waals surface area contributed by atoms with Gasteiger partial charge in [0.15, 0.2) is 9.84 Å². The van der Waals surface area contributed by atoms with Crippen molar-refractivity contribution in [3.05, 3.63) is 48.2 Å². The van der Waals surface area contributed by atoms with Crippen LogP contribution in [0.25, 0.3) is 0 Å². The summed E-state index contributed by atoms with van der Waals surface area (Å²) in [5, 5.41) is 10.7. The molecular formula is C12H13N3O2S. The lowest BCUT2D eigenvalue weighted by atomic mass is 10.2. The quantitative estimate of drug-likeness (QED) is 0.905.